The molecule has 5 heteroatoms. The van der Waals surface area contributed by atoms with E-state index in [1.165, 1.54) is 6.07 Å². The summed E-state index contributed by atoms with van der Waals surface area (Å²) in [6.45, 7) is 7.13. The minimum Gasteiger partial charge on any atom is -0.466 e. The topological polar surface area (TPSA) is 30.2 Å². The summed E-state index contributed by atoms with van der Waals surface area (Å²) in [6, 6.07) is 7.27. The maximum atomic E-state index is 14.1. The molecule has 0 aliphatic heterocycles. The number of fused-ring (bicyclic) bond motifs is 1. The Kier molecular flexibility index (Phi) is 7.72. The SMILES string of the molecule is CCOC(=O)CCC[N+](C)(C)CCCC[n+]1ccc(C)c2c(F)cccc21. The summed E-state index contributed by atoms with van der Waals surface area (Å²) >= 11 is 0. The van der Waals surface area contributed by atoms with Gasteiger partial charge in [0.2, 0.25) is 5.52 Å². The van der Waals surface area contributed by atoms with Crippen molar-refractivity contribution in [3.8, 4) is 0 Å². The van der Waals surface area contributed by atoms with Crippen LogP contribution in [0.15, 0.2) is 30.5 Å². The van der Waals surface area contributed by atoms with E-state index in [1.807, 2.05) is 26.0 Å². The third-order valence-electron chi connectivity index (χ3n) is 5.06. The molecule has 2 aromatic rings. The summed E-state index contributed by atoms with van der Waals surface area (Å²) in [5.74, 6) is -0.258. The molecular weight excluding hydrogens is 343 g/mol. The van der Waals surface area contributed by atoms with E-state index in [2.05, 4.69) is 24.9 Å². The van der Waals surface area contributed by atoms with E-state index in [0.717, 1.165) is 59.8 Å². The van der Waals surface area contributed by atoms with Crippen molar-refractivity contribution in [2.24, 2.45) is 0 Å². The molecule has 0 amide bonds. The minimum absolute atomic E-state index is 0.104. The molecule has 4 nitrogen and oxygen atoms in total. The van der Waals surface area contributed by atoms with Crippen LogP contribution in [-0.2, 0) is 16.1 Å². The first kappa shape index (κ1) is 21.3. The maximum absolute atomic E-state index is 14.1. The van der Waals surface area contributed by atoms with E-state index >= 15 is 0 Å². The molecule has 0 unspecified atom stereocenters. The van der Waals surface area contributed by atoms with Crippen molar-refractivity contribution < 1.29 is 23.0 Å². The smallest absolute Gasteiger partial charge is 0.305 e. The number of hydrogen-bond acceptors (Lipinski definition) is 2. The van der Waals surface area contributed by atoms with Gasteiger partial charge in [-0.3, -0.25) is 4.79 Å². The number of halogens is 1. The van der Waals surface area contributed by atoms with Gasteiger partial charge in [-0.1, -0.05) is 6.07 Å². The van der Waals surface area contributed by atoms with Gasteiger partial charge in [0.15, 0.2) is 6.20 Å². The van der Waals surface area contributed by atoms with Gasteiger partial charge in [0.25, 0.3) is 0 Å². The van der Waals surface area contributed by atoms with Crippen molar-refractivity contribution >= 4 is 16.9 Å². The van der Waals surface area contributed by atoms with Crippen LogP contribution in [0.4, 0.5) is 4.39 Å². The second kappa shape index (κ2) is 9.79. The standard InChI is InChI=1S/C22H33FN2O2/c1-5-27-21(26)12-9-17-25(3,4)16-7-6-14-24-15-13-18(2)22-19(23)10-8-11-20(22)24/h8,10-11,13,15H,5-7,9,12,14,16-17H2,1-4H3/q+2. The lowest BCUT2D eigenvalue weighted by atomic mass is 10.1. The number of aromatic nitrogens is 1. The van der Waals surface area contributed by atoms with E-state index in [1.54, 1.807) is 6.07 Å². The van der Waals surface area contributed by atoms with Crippen molar-refractivity contribution in [1.82, 2.24) is 0 Å². The molecule has 0 bridgehead atoms. The maximum Gasteiger partial charge on any atom is 0.305 e. The molecule has 0 fully saturated rings. The first-order valence-corrected chi connectivity index (χ1v) is 9.89. The molecule has 0 spiro atoms. The number of esters is 1. The highest BCUT2D eigenvalue weighted by molar-refractivity contribution is 5.79. The summed E-state index contributed by atoms with van der Waals surface area (Å²) in [4.78, 5) is 11.4. The van der Waals surface area contributed by atoms with Crippen molar-refractivity contribution in [1.29, 1.82) is 0 Å². The Morgan fingerprint density at radius 2 is 1.89 bits per heavy atom. The number of benzene rings is 1. The fourth-order valence-electron chi connectivity index (χ4n) is 3.52. The van der Waals surface area contributed by atoms with E-state index in [4.69, 9.17) is 4.74 Å². The number of aryl methyl sites for hydroxylation is 2. The Labute approximate surface area is 162 Å². The molecule has 0 aliphatic rings. The monoisotopic (exact) mass is 376 g/mol. The third kappa shape index (κ3) is 6.28. The minimum atomic E-state index is -0.154. The highest BCUT2D eigenvalue weighted by atomic mass is 19.1. The van der Waals surface area contributed by atoms with Gasteiger partial charge in [0.1, 0.15) is 12.4 Å². The molecule has 1 aromatic heterocycles. The van der Waals surface area contributed by atoms with E-state index in [9.17, 15) is 9.18 Å². The molecule has 2 rings (SSSR count). The molecule has 1 aromatic carbocycles. The molecular formula is C22H33FN2O2+2. The van der Waals surface area contributed by atoms with Crippen LogP contribution >= 0.6 is 0 Å². The number of pyridine rings is 1. The van der Waals surface area contributed by atoms with Gasteiger partial charge >= 0.3 is 5.97 Å². The Balaban J connectivity index is 1.83. The normalized spacial score (nSPS) is 11.7. The fourth-order valence-corrected chi connectivity index (χ4v) is 3.52. The van der Waals surface area contributed by atoms with Gasteiger partial charge in [-0.25, -0.2) is 4.39 Å². The number of carbonyl (C=O) groups excluding carboxylic acids is 1. The number of ether oxygens (including phenoxy) is 1. The van der Waals surface area contributed by atoms with E-state index in [0.29, 0.717) is 13.0 Å². The molecule has 0 aliphatic carbocycles. The number of rotatable bonds is 10. The van der Waals surface area contributed by atoms with Crippen LogP contribution in [0, 0.1) is 12.7 Å². The number of hydrogen-bond donors (Lipinski definition) is 0. The quantitative estimate of drug-likeness (QED) is 0.273. The van der Waals surface area contributed by atoms with Crippen LogP contribution in [0.5, 0.6) is 0 Å². The molecule has 0 saturated carbocycles. The molecule has 0 N–H and O–H groups in total. The molecule has 0 atom stereocenters. The Morgan fingerprint density at radius 1 is 1.15 bits per heavy atom. The summed E-state index contributed by atoms with van der Waals surface area (Å²) in [7, 11) is 4.41. The number of nitrogens with zero attached hydrogens (tertiary/aromatic N) is 2. The fraction of sp³-hybridized carbons (Fsp3) is 0.545. The Bertz CT molecular complexity index is 766. The van der Waals surface area contributed by atoms with Gasteiger partial charge < -0.3 is 9.22 Å². The van der Waals surface area contributed by atoms with Crippen molar-refractivity contribution in [3.63, 3.8) is 0 Å². The van der Waals surface area contributed by atoms with Gasteiger partial charge in [-0.05, 0) is 25.5 Å². The lowest BCUT2D eigenvalue weighted by molar-refractivity contribution is -0.890. The first-order valence-electron chi connectivity index (χ1n) is 9.89. The summed E-state index contributed by atoms with van der Waals surface area (Å²) in [5.41, 5.74) is 1.93. The summed E-state index contributed by atoms with van der Waals surface area (Å²) in [6.07, 6.45) is 5.52. The molecule has 0 saturated heterocycles. The van der Waals surface area contributed by atoms with Crippen molar-refractivity contribution in [2.45, 2.75) is 46.1 Å². The highest BCUT2D eigenvalue weighted by Crippen LogP contribution is 2.18. The largest absolute Gasteiger partial charge is 0.466 e. The summed E-state index contributed by atoms with van der Waals surface area (Å²) in [5, 5.41) is 0.718. The molecule has 27 heavy (non-hydrogen) atoms. The van der Waals surface area contributed by atoms with E-state index < -0.39 is 0 Å². The molecule has 1 heterocycles. The van der Waals surface area contributed by atoms with E-state index in [-0.39, 0.29) is 11.8 Å². The van der Waals surface area contributed by atoms with Crippen LogP contribution in [0.1, 0.15) is 38.2 Å². The molecule has 148 valence electrons. The van der Waals surface area contributed by atoms with Crippen LogP contribution in [0.3, 0.4) is 0 Å². The average molecular weight is 377 g/mol. The highest BCUT2D eigenvalue weighted by Gasteiger charge is 2.17. The summed E-state index contributed by atoms with van der Waals surface area (Å²) < 4.78 is 22.2. The lowest BCUT2D eigenvalue weighted by Crippen LogP contribution is -2.42. The average Bonchev–Trinajstić information content (AvgIpc) is 2.60. The van der Waals surface area contributed by atoms with Crippen LogP contribution in [-0.4, -0.2) is 44.2 Å². The van der Waals surface area contributed by atoms with Crippen LogP contribution in [0.2, 0.25) is 0 Å². The second-order valence-electron chi connectivity index (χ2n) is 7.82. The lowest BCUT2D eigenvalue weighted by Gasteiger charge is -2.29. The number of quaternary nitrogens is 1. The predicted octanol–water partition coefficient (Wildman–Crippen LogP) is 3.77. The third-order valence-corrected chi connectivity index (χ3v) is 5.06. The first-order chi connectivity index (χ1) is 12.8. The van der Waals surface area contributed by atoms with Crippen molar-refractivity contribution in [3.05, 3.63) is 41.8 Å². The van der Waals surface area contributed by atoms with Crippen molar-refractivity contribution in [2.75, 3.05) is 33.8 Å². The number of carbonyl (C=O) groups is 1. The van der Waals surface area contributed by atoms with Crippen LogP contribution in [0.25, 0.3) is 10.9 Å². The van der Waals surface area contributed by atoms with Gasteiger partial charge in [0.05, 0.1) is 45.6 Å². The zero-order chi connectivity index (χ0) is 19.9. The zero-order valence-corrected chi connectivity index (χ0v) is 17.1. The second-order valence-corrected chi connectivity index (χ2v) is 7.82. The van der Waals surface area contributed by atoms with Gasteiger partial charge in [-0.2, -0.15) is 4.57 Å². The number of unbranched alkanes of at least 4 members (excludes halogenated alkanes) is 1. The Morgan fingerprint density at radius 3 is 2.63 bits per heavy atom. The van der Waals surface area contributed by atoms with Gasteiger partial charge in [0, 0.05) is 31.4 Å². The van der Waals surface area contributed by atoms with Crippen LogP contribution < -0.4 is 4.57 Å². The molecule has 0 radical (unpaired) electrons. The predicted molar refractivity (Wildman–Crippen MR) is 106 cm³/mol. The Hall–Kier alpha value is -2.01. The van der Waals surface area contributed by atoms with Gasteiger partial charge in [-0.15, -0.1) is 0 Å². The zero-order valence-electron chi connectivity index (χ0n) is 17.1.